The molecule has 0 saturated heterocycles. The van der Waals surface area contributed by atoms with Gasteiger partial charge < -0.3 is 14.6 Å². The average Bonchev–Trinajstić information content (AvgIpc) is 3.02. The molecule has 0 unspecified atom stereocenters. The Hall–Kier alpha value is -3.00. The fraction of sp³-hybridized carbons (Fsp3) is 0.200. The fourth-order valence-electron chi connectivity index (χ4n) is 2.54. The highest BCUT2D eigenvalue weighted by Crippen LogP contribution is 2.36. The van der Waals surface area contributed by atoms with Gasteiger partial charge in [0.1, 0.15) is 18.1 Å². The second-order valence-corrected chi connectivity index (χ2v) is 6.72. The highest BCUT2D eigenvalue weighted by molar-refractivity contribution is 6.31. The van der Waals surface area contributed by atoms with E-state index < -0.39 is 22.7 Å². The Morgan fingerprint density at radius 1 is 1.17 bits per heavy atom. The van der Waals surface area contributed by atoms with Gasteiger partial charge >= 0.3 is 6.18 Å². The van der Waals surface area contributed by atoms with Crippen LogP contribution < -0.4 is 10.1 Å². The van der Waals surface area contributed by atoms with Crippen molar-refractivity contribution in [3.05, 3.63) is 75.6 Å². The van der Waals surface area contributed by atoms with Crippen LogP contribution in [0, 0.1) is 13.8 Å². The maximum atomic E-state index is 13.0. The second kappa shape index (κ2) is 8.16. The molecule has 1 aromatic heterocycles. The maximum Gasteiger partial charge on any atom is 0.417 e. The molecule has 0 fully saturated rings. The average molecular weight is 425 g/mol. The van der Waals surface area contributed by atoms with Crippen LogP contribution in [0.2, 0.25) is 5.02 Å². The topological polar surface area (TPSA) is 64.4 Å². The van der Waals surface area contributed by atoms with Crippen molar-refractivity contribution < 1.29 is 27.2 Å². The van der Waals surface area contributed by atoms with Crippen molar-refractivity contribution in [2.24, 2.45) is 0 Å². The van der Waals surface area contributed by atoms with Crippen molar-refractivity contribution in [1.29, 1.82) is 0 Å². The predicted octanol–water partition coefficient (Wildman–Crippen LogP) is 5.79. The molecular weight excluding hydrogens is 409 g/mol. The monoisotopic (exact) mass is 424 g/mol. The minimum atomic E-state index is -4.64. The normalized spacial score (nSPS) is 11.4. The molecule has 0 aliphatic rings. The van der Waals surface area contributed by atoms with Crippen LogP contribution >= 0.6 is 11.6 Å². The molecule has 0 atom stereocenters. The third-order valence-corrected chi connectivity index (χ3v) is 4.46. The highest BCUT2D eigenvalue weighted by Gasteiger charge is 2.33. The number of alkyl halides is 3. The van der Waals surface area contributed by atoms with E-state index in [1.807, 2.05) is 19.1 Å². The zero-order chi connectivity index (χ0) is 21.2. The standard InChI is InChI=1S/C20H16ClF3N2O3/c1-11-3-6-14(7-4-11)28-10-15-12(2)29-26-18(15)19(27)25-13-5-8-17(21)16(9-13)20(22,23)24/h3-9H,10H2,1-2H3,(H,25,27). The number of aryl methyl sites for hydroxylation is 2. The molecule has 29 heavy (non-hydrogen) atoms. The van der Waals surface area contributed by atoms with E-state index in [9.17, 15) is 18.0 Å². The van der Waals surface area contributed by atoms with E-state index in [0.717, 1.165) is 17.7 Å². The SMILES string of the molecule is Cc1ccc(OCc2c(C(=O)Nc3ccc(Cl)c(C(F)(F)F)c3)noc2C)cc1. The van der Waals surface area contributed by atoms with E-state index in [-0.39, 0.29) is 18.0 Å². The largest absolute Gasteiger partial charge is 0.489 e. The van der Waals surface area contributed by atoms with E-state index in [1.54, 1.807) is 19.1 Å². The number of nitrogens with one attached hydrogen (secondary N) is 1. The smallest absolute Gasteiger partial charge is 0.417 e. The van der Waals surface area contributed by atoms with Crippen LogP contribution in [0.4, 0.5) is 18.9 Å². The number of amides is 1. The molecule has 152 valence electrons. The number of carbonyl (C=O) groups is 1. The Bertz CT molecular complexity index is 1030. The zero-order valence-electron chi connectivity index (χ0n) is 15.4. The molecule has 0 spiro atoms. The number of benzene rings is 2. The van der Waals surface area contributed by atoms with Crippen LogP contribution in [0.3, 0.4) is 0 Å². The Kier molecular flexibility index (Phi) is 5.83. The molecule has 3 aromatic rings. The number of nitrogens with zero attached hydrogens (tertiary/aromatic N) is 1. The quantitative estimate of drug-likeness (QED) is 0.562. The fourth-order valence-corrected chi connectivity index (χ4v) is 2.76. The number of carbonyl (C=O) groups excluding carboxylic acids is 1. The minimum Gasteiger partial charge on any atom is -0.489 e. The lowest BCUT2D eigenvalue weighted by Crippen LogP contribution is -2.16. The number of hydrogen-bond acceptors (Lipinski definition) is 4. The molecule has 0 aliphatic heterocycles. The van der Waals surface area contributed by atoms with Gasteiger partial charge in [0.15, 0.2) is 5.69 Å². The molecule has 1 heterocycles. The van der Waals surface area contributed by atoms with Gasteiger partial charge in [-0.15, -0.1) is 0 Å². The summed E-state index contributed by atoms with van der Waals surface area (Å²) in [6.45, 7) is 3.56. The molecule has 1 N–H and O–H groups in total. The second-order valence-electron chi connectivity index (χ2n) is 6.31. The highest BCUT2D eigenvalue weighted by atomic mass is 35.5. The van der Waals surface area contributed by atoms with Gasteiger partial charge in [0.25, 0.3) is 5.91 Å². The lowest BCUT2D eigenvalue weighted by Gasteiger charge is -2.11. The van der Waals surface area contributed by atoms with Crippen LogP contribution in [-0.4, -0.2) is 11.1 Å². The van der Waals surface area contributed by atoms with Gasteiger partial charge in [0, 0.05) is 5.69 Å². The summed E-state index contributed by atoms with van der Waals surface area (Å²) in [5.74, 6) is 0.240. The molecule has 3 rings (SSSR count). The van der Waals surface area contributed by atoms with Crippen molar-refractivity contribution in [3.63, 3.8) is 0 Å². The summed E-state index contributed by atoms with van der Waals surface area (Å²) < 4.78 is 49.7. The van der Waals surface area contributed by atoms with E-state index in [1.165, 1.54) is 6.07 Å². The van der Waals surface area contributed by atoms with Crippen LogP contribution in [-0.2, 0) is 12.8 Å². The maximum absolute atomic E-state index is 13.0. The Balaban J connectivity index is 1.77. The third-order valence-electron chi connectivity index (χ3n) is 4.13. The predicted molar refractivity (Wildman–Crippen MR) is 101 cm³/mol. The van der Waals surface area contributed by atoms with Crippen molar-refractivity contribution >= 4 is 23.2 Å². The van der Waals surface area contributed by atoms with Gasteiger partial charge in [0.2, 0.25) is 0 Å². The van der Waals surface area contributed by atoms with Gasteiger partial charge in [-0.05, 0) is 44.2 Å². The van der Waals surface area contributed by atoms with Crippen LogP contribution in [0.5, 0.6) is 5.75 Å². The van der Waals surface area contributed by atoms with E-state index >= 15 is 0 Å². The van der Waals surface area contributed by atoms with Crippen LogP contribution in [0.25, 0.3) is 0 Å². The summed E-state index contributed by atoms with van der Waals surface area (Å²) in [7, 11) is 0. The van der Waals surface area contributed by atoms with E-state index in [4.69, 9.17) is 20.9 Å². The first-order valence-electron chi connectivity index (χ1n) is 8.48. The summed E-state index contributed by atoms with van der Waals surface area (Å²) in [6.07, 6.45) is -4.64. The van der Waals surface area contributed by atoms with Gasteiger partial charge in [-0.1, -0.05) is 34.5 Å². The number of halogens is 4. The van der Waals surface area contributed by atoms with Crippen LogP contribution in [0.15, 0.2) is 47.0 Å². The summed E-state index contributed by atoms with van der Waals surface area (Å²) in [4.78, 5) is 12.5. The number of hydrogen-bond donors (Lipinski definition) is 1. The molecule has 5 nitrogen and oxygen atoms in total. The van der Waals surface area contributed by atoms with Gasteiger partial charge in [-0.2, -0.15) is 13.2 Å². The van der Waals surface area contributed by atoms with Crippen molar-refractivity contribution in [2.75, 3.05) is 5.32 Å². The number of ether oxygens (including phenoxy) is 1. The summed E-state index contributed by atoms with van der Waals surface area (Å²) in [5.41, 5.74) is 0.278. The third kappa shape index (κ3) is 4.89. The molecule has 0 bridgehead atoms. The molecular formula is C20H16ClF3N2O3. The Labute approximate surface area is 169 Å². The van der Waals surface area contributed by atoms with Crippen molar-refractivity contribution in [1.82, 2.24) is 5.16 Å². The summed E-state index contributed by atoms with van der Waals surface area (Å²) >= 11 is 5.60. The number of anilines is 1. The number of rotatable bonds is 5. The first kappa shape index (κ1) is 20.7. The number of aromatic nitrogens is 1. The van der Waals surface area contributed by atoms with E-state index in [2.05, 4.69) is 10.5 Å². The summed E-state index contributed by atoms with van der Waals surface area (Å²) in [6, 6.07) is 10.4. The molecule has 0 radical (unpaired) electrons. The van der Waals surface area contributed by atoms with E-state index in [0.29, 0.717) is 17.1 Å². The van der Waals surface area contributed by atoms with Gasteiger partial charge in [-0.3, -0.25) is 4.79 Å². The molecule has 0 saturated carbocycles. The molecule has 2 aromatic carbocycles. The van der Waals surface area contributed by atoms with Crippen LogP contribution in [0.1, 0.15) is 32.9 Å². The lowest BCUT2D eigenvalue weighted by atomic mass is 10.1. The lowest BCUT2D eigenvalue weighted by molar-refractivity contribution is -0.137. The first-order chi connectivity index (χ1) is 13.6. The van der Waals surface area contributed by atoms with Crippen molar-refractivity contribution in [3.8, 4) is 5.75 Å². The van der Waals surface area contributed by atoms with Crippen molar-refractivity contribution in [2.45, 2.75) is 26.6 Å². The molecule has 1 amide bonds. The first-order valence-corrected chi connectivity index (χ1v) is 8.85. The zero-order valence-corrected chi connectivity index (χ0v) is 16.2. The van der Waals surface area contributed by atoms with Gasteiger partial charge in [-0.25, -0.2) is 0 Å². The Morgan fingerprint density at radius 2 is 1.86 bits per heavy atom. The summed E-state index contributed by atoms with van der Waals surface area (Å²) in [5, 5.41) is 5.63. The molecule has 9 heteroatoms. The molecule has 0 aliphatic carbocycles. The minimum absolute atomic E-state index is 0.00949. The Morgan fingerprint density at radius 3 is 2.52 bits per heavy atom. The van der Waals surface area contributed by atoms with Gasteiger partial charge in [0.05, 0.1) is 16.1 Å².